The third kappa shape index (κ3) is 3.90. The van der Waals surface area contributed by atoms with Crippen molar-refractivity contribution >= 4 is 18.3 Å². The van der Waals surface area contributed by atoms with Crippen molar-refractivity contribution in [2.75, 3.05) is 19.7 Å². The number of carbonyl (C=O) groups excluding carboxylic acids is 1. The van der Waals surface area contributed by atoms with Gasteiger partial charge in [0.2, 0.25) is 5.88 Å². The highest BCUT2D eigenvalue weighted by atomic mass is 35.5. The van der Waals surface area contributed by atoms with Crippen molar-refractivity contribution in [3.05, 3.63) is 23.9 Å². The minimum Gasteiger partial charge on any atom is -0.472 e. The van der Waals surface area contributed by atoms with Gasteiger partial charge in [-0.15, -0.1) is 12.4 Å². The van der Waals surface area contributed by atoms with Gasteiger partial charge in [-0.05, 0) is 30.7 Å². The number of hydrogen-bond acceptors (Lipinski definition) is 4. The number of alkyl halides is 2. The molecule has 5 nitrogen and oxygen atoms in total. The number of nitrogens with zero attached hydrogens (tertiary/aromatic N) is 2. The van der Waals surface area contributed by atoms with E-state index >= 15 is 0 Å². The summed E-state index contributed by atoms with van der Waals surface area (Å²) < 4.78 is 28.9. The molecular formula is C15H20ClF2N3O2. The molecule has 0 spiro atoms. The van der Waals surface area contributed by atoms with Crippen LogP contribution in [0.4, 0.5) is 8.78 Å². The van der Waals surface area contributed by atoms with Gasteiger partial charge in [0.15, 0.2) is 6.61 Å². The number of carbonyl (C=O) groups is 1. The number of fused-ring (bicyclic) bond motifs is 1. The lowest BCUT2D eigenvalue weighted by Gasteiger charge is -2.18. The number of pyridine rings is 1. The van der Waals surface area contributed by atoms with Gasteiger partial charge in [-0.2, -0.15) is 0 Å². The van der Waals surface area contributed by atoms with Crippen LogP contribution in [-0.2, 0) is 0 Å². The SMILES string of the molecule is Cl.NC1CCC2CN(C(=O)c3ccc(OCC(F)F)nc3)CC12. The fourth-order valence-corrected chi connectivity index (χ4v) is 3.40. The fraction of sp³-hybridized carbons (Fsp3) is 0.600. The molecular weight excluding hydrogens is 328 g/mol. The van der Waals surface area contributed by atoms with Gasteiger partial charge in [0, 0.05) is 31.4 Å². The molecule has 2 heterocycles. The first kappa shape index (κ1) is 17.9. The molecule has 1 saturated heterocycles. The van der Waals surface area contributed by atoms with Gasteiger partial charge in [0.1, 0.15) is 0 Å². The maximum absolute atomic E-state index is 12.4. The summed E-state index contributed by atoms with van der Waals surface area (Å²) in [5.41, 5.74) is 6.51. The standard InChI is InChI=1S/C15H19F2N3O2.ClH/c16-13(17)8-22-14-4-2-9(5-19-14)15(21)20-6-10-1-3-12(18)11(10)7-20;/h2,4-5,10-13H,1,3,6-8,18H2;1H. The summed E-state index contributed by atoms with van der Waals surface area (Å²) in [7, 11) is 0. The zero-order chi connectivity index (χ0) is 15.7. The van der Waals surface area contributed by atoms with Crippen molar-refractivity contribution in [1.82, 2.24) is 9.88 Å². The largest absolute Gasteiger partial charge is 0.472 e. The van der Waals surface area contributed by atoms with Crippen molar-refractivity contribution in [3.63, 3.8) is 0 Å². The first-order valence-electron chi connectivity index (χ1n) is 7.46. The van der Waals surface area contributed by atoms with Gasteiger partial charge in [0.25, 0.3) is 12.3 Å². The molecule has 0 aromatic carbocycles. The van der Waals surface area contributed by atoms with Gasteiger partial charge in [-0.25, -0.2) is 13.8 Å². The van der Waals surface area contributed by atoms with E-state index < -0.39 is 13.0 Å². The average molecular weight is 348 g/mol. The number of nitrogens with two attached hydrogens (primary N) is 1. The van der Waals surface area contributed by atoms with Crippen molar-refractivity contribution in [1.29, 1.82) is 0 Å². The summed E-state index contributed by atoms with van der Waals surface area (Å²) in [6, 6.07) is 3.19. The molecule has 1 aromatic rings. The second-order valence-corrected chi connectivity index (χ2v) is 5.96. The zero-order valence-electron chi connectivity index (χ0n) is 12.5. The maximum atomic E-state index is 12.4. The van der Waals surface area contributed by atoms with Crippen LogP contribution in [0.3, 0.4) is 0 Å². The lowest BCUT2D eigenvalue weighted by Crippen LogP contribution is -2.33. The summed E-state index contributed by atoms with van der Waals surface area (Å²) in [6.45, 7) is 0.725. The molecule has 2 aliphatic rings. The van der Waals surface area contributed by atoms with E-state index in [1.165, 1.54) is 12.3 Å². The molecule has 1 aromatic heterocycles. The second kappa shape index (κ2) is 7.40. The molecule has 23 heavy (non-hydrogen) atoms. The zero-order valence-corrected chi connectivity index (χ0v) is 13.3. The Kier molecular flexibility index (Phi) is 5.75. The second-order valence-electron chi connectivity index (χ2n) is 5.96. The van der Waals surface area contributed by atoms with Crippen LogP contribution in [0, 0.1) is 11.8 Å². The van der Waals surface area contributed by atoms with E-state index in [-0.39, 0.29) is 30.2 Å². The van der Waals surface area contributed by atoms with Crippen LogP contribution >= 0.6 is 12.4 Å². The number of halogens is 3. The van der Waals surface area contributed by atoms with Gasteiger partial charge >= 0.3 is 0 Å². The Morgan fingerprint density at radius 3 is 2.78 bits per heavy atom. The minimum atomic E-state index is -2.55. The van der Waals surface area contributed by atoms with Crippen LogP contribution in [0.1, 0.15) is 23.2 Å². The Morgan fingerprint density at radius 1 is 1.39 bits per heavy atom. The Labute approximate surface area is 139 Å². The van der Waals surface area contributed by atoms with E-state index in [4.69, 9.17) is 10.5 Å². The summed E-state index contributed by atoms with van der Waals surface area (Å²) in [6.07, 6.45) is 0.942. The molecule has 128 valence electrons. The summed E-state index contributed by atoms with van der Waals surface area (Å²) in [5.74, 6) is 0.901. The van der Waals surface area contributed by atoms with Gasteiger partial charge in [-0.1, -0.05) is 0 Å². The lowest BCUT2D eigenvalue weighted by molar-refractivity contribution is 0.0769. The van der Waals surface area contributed by atoms with Crippen LogP contribution in [0.5, 0.6) is 5.88 Å². The maximum Gasteiger partial charge on any atom is 0.272 e. The molecule has 8 heteroatoms. The molecule has 3 rings (SSSR count). The topological polar surface area (TPSA) is 68.5 Å². The fourth-order valence-electron chi connectivity index (χ4n) is 3.40. The van der Waals surface area contributed by atoms with E-state index in [9.17, 15) is 13.6 Å². The monoisotopic (exact) mass is 347 g/mol. The molecule has 3 unspecified atom stereocenters. The summed E-state index contributed by atoms with van der Waals surface area (Å²) >= 11 is 0. The third-order valence-corrected chi connectivity index (χ3v) is 4.54. The number of amides is 1. The number of ether oxygens (including phenoxy) is 1. The molecule has 1 aliphatic carbocycles. The molecule has 3 atom stereocenters. The van der Waals surface area contributed by atoms with Crippen molar-refractivity contribution in [3.8, 4) is 5.88 Å². The van der Waals surface area contributed by atoms with E-state index in [1.54, 1.807) is 6.07 Å². The lowest BCUT2D eigenvalue weighted by atomic mass is 9.98. The van der Waals surface area contributed by atoms with Crippen molar-refractivity contribution in [2.45, 2.75) is 25.3 Å². The number of likely N-dealkylation sites (tertiary alicyclic amines) is 1. The highest BCUT2D eigenvalue weighted by molar-refractivity contribution is 5.94. The van der Waals surface area contributed by atoms with Crippen LogP contribution < -0.4 is 10.5 Å². The first-order valence-corrected chi connectivity index (χ1v) is 7.46. The van der Waals surface area contributed by atoms with Crippen LogP contribution in [0.15, 0.2) is 18.3 Å². The van der Waals surface area contributed by atoms with Gasteiger partial charge in [-0.3, -0.25) is 4.79 Å². The summed E-state index contributed by atoms with van der Waals surface area (Å²) in [4.78, 5) is 18.2. The Bertz CT molecular complexity index is 544. The molecule has 2 fully saturated rings. The number of rotatable bonds is 4. The van der Waals surface area contributed by atoms with E-state index in [0.717, 1.165) is 19.4 Å². The number of hydrogen-bond donors (Lipinski definition) is 1. The van der Waals surface area contributed by atoms with Crippen LogP contribution in [0.2, 0.25) is 0 Å². The highest BCUT2D eigenvalue weighted by Gasteiger charge is 2.42. The smallest absolute Gasteiger partial charge is 0.272 e. The first-order chi connectivity index (χ1) is 10.5. The van der Waals surface area contributed by atoms with Gasteiger partial charge in [0.05, 0.1) is 5.56 Å². The van der Waals surface area contributed by atoms with E-state index in [2.05, 4.69) is 4.98 Å². The molecule has 2 N–H and O–H groups in total. The molecule has 1 amide bonds. The predicted molar refractivity (Wildman–Crippen MR) is 83.1 cm³/mol. The Morgan fingerprint density at radius 2 is 2.17 bits per heavy atom. The summed E-state index contributed by atoms with van der Waals surface area (Å²) in [5, 5.41) is 0. The quantitative estimate of drug-likeness (QED) is 0.904. The number of aromatic nitrogens is 1. The van der Waals surface area contributed by atoms with Crippen molar-refractivity contribution in [2.24, 2.45) is 17.6 Å². The van der Waals surface area contributed by atoms with Crippen molar-refractivity contribution < 1.29 is 18.3 Å². The van der Waals surface area contributed by atoms with Crippen LogP contribution in [-0.4, -0.2) is 48.0 Å². The molecule has 0 bridgehead atoms. The van der Waals surface area contributed by atoms with Gasteiger partial charge < -0.3 is 15.4 Å². The van der Waals surface area contributed by atoms with E-state index in [1.807, 2.05) is 4.90 Å². The molecule has 0 radical (unpaired) electrons. The molecule has 1 aliphatic heterocycles. The third-order valence-electron chi connectivity index (χ3n) is 4.54. The predicted octanol–water partition coefficient (Wildman–Crippen LogP) is 1.96. The normalized spacial score (nSPS) is 26.1. The Balaban J connectivity index is 0.00000192. The highest BCUT2D eigenvalue weighted by Crippen LogP contribution is 2.37. The van der Waals surface area contributed by atoms with E-state index in [0.29, 0.717) is 23.9 Å². The Hall–Kier alpha value is -1.47. The van der Waals surface area contributed by atoms with Crippen LogP contribution in [0.25, 0.3) is 0 Å². The average Bonchev–Trinajstić information content (AvgIpc) is 3.07. The minimum absolute atomic E-state index is 0. The molecule has 1 saturated carbocycles.